The molecule has 0 saturated carbocycles. The lowest BCUT2D eigenvalue weighted by molar-refractivity contribution is -0.136. The molecule has 0 bridgehead atoms. The molecule has 2 aromatic rings. The van der Waals surface area contributed by atoms with Crippen molar-refractivity contribution in [3.63, 3.8) is 0 Å². The number of benzene rings is 2. The number of hydrogen-bond donors (Lipinski definition) is 2. The van der Waals surface area contributed by atoms with Gasteiger partial charge in [0.2, 0.25) is 0 Å². The highest BCUT2D eigenvalue weighted by atomic mass is 35.5. The van der Waals surface area contributed by atoms with Gasteiger partial charge in [-0.15, -0.1) is 0 Å². The molecule has 0 radical (unpaired) electrons. The monoisotopic (exact) mass is 371 g/mol. The standard InChI is InChI=1S/C20H22ClN3O2/c21-18-7-3-2-6-15(18)14-22-19(25)20(26)23-16-8-10-17(11-9-16)24-12-4-1-5-13-24/h2-3,6-11H,1,4-5,12-14H2,(H,22,25)(H,23,26). The van der Waals surface area contributed by atoms with E-state index in [9.17, 15) is 9.59 Å². The number of piperidine rings is 1. The van der Waals surface area contributed by atoms with Gasteiger partial charge in [0.1, 0.15) is 0 Å². The maximum atomic E-state index is 12.0. The first-order valence-corrected chi connectivity index (χ1v) is 9.19. The Bertz CT molecular complexity index is 771. The summed E-state index contributed by atoms with van der Waals surface area (Å²) < 4.78 is 0. The maximum absolute atomic E-state index is 12.0. The Morgan fingerprint density at radius 1 is 0.923 bits per heavy atom. The van der Waals surface area contributed by atoms with Crippen LogP contribution < -0.4 is 15.5 Å². The van der Waals surface area contributed by atoms with Gasteiger partial charge in [0, 0.05) is 36.0 Å². The van der Waals surface area contributed by atoms with Crippen LogP contribution in [0.15, 0.2) is 48.5 Å². The SMILES string of the molecule is O=C(NCc1ccccc1Cl)C(=O)Nc1ccc(N2CCCCC2)cc1. The van der Waals surface area contributed by atoms with Gasteiger partial charge in [-0.2, -0.15) is 0 Å². The fourth-order valence-corrected chi connectivity index (χ4v) is 3.20. The van der Waals surface area contributed by atoms with Crippen molar-refractivity contribution in [2.24, 2.45) is 0 Å². The Morgan fingerprint density at radius 2 is 1.62 bits per heavy atom. The fraction of sp³-hybridized carbons (Fsp3) is 0.300. The second kappa shape index (κ2) is 8.72. The van der Waals surface area contributed by atoms with E-state index in [-0.39, 0.29) is 6.54 Å². The number of nitrogens with one attached hydrogen (secondary N) is 2. The molecule has 1 heterocycles. The Morgan fingerprint density at radius 3 is 2.31 bits per heavy atom. The zero-order valence-electron chi connectivity index (χ0n) is 14.5. The molecule has 0 atom stereocenters. The molecule has 2 aromatic carbocycles. The molecule has 26 heavy (non-hydrogen) atoms. The van der Waals surface area contributed by atoms with Gasteiger partial charge in [-0.1, -0.05) is 29.8 Å². The topological polar surface area (TPSA) is 61.4 Å². The predicted octanol–water partition coefficient (Wildman–Crippen LogP) is 3.59. The minimum atomic E-state index is -0.692. The average molecular weight is 372 g/mol. The van der Waals surface area contributed by atoms with Gasteiger partial charge in [-0.05, 0) is 55.2 Å². The van der Waals surface area contributed by atoms with Crippen LogP contribution in [0, 0.1) is 0 Å². The van der Waals surface area contributed by atoms with Crippen LogP contribution in [0.3, 0.4) is 0 Å². The summed E-state index contributed by atoms with van der Waals surface area (Å²) in [5.41, 5.74) is 2.51. The lowest BCUT2D eigenvalue weighted by Crippen LogP contribution is -2.35. The lowest BCUT2D eigenvalue weighted by atomic mass is 10.1. The smallest absolute Gasteiger partial charge is 0.313 e. The zero-order chi connectivity index (χ0) is 18.4. The van der Waals surface area contributed by atoms with Crippen LogP contribution >= 0.6 is 11.6 Å². The molecule has 3 rings (SSSR count). The minimum absolute atomic E-state index is 0.208. The quantitative estimate of drug-likeness (QED) is 0.807. The fourth-order valence-electron chi connectivity index (χ4n) is 2.99. The van der Waals surface area contributed by atoms with E-state index in [1.54, 1.807) is 12.1 Å². The van der Waals surface area contributed by atoms with Crippen molar-refractivity contribution in [1.82, 2.24) is 5.32 Å². The van der Waals surface area contributed by atoms with Crippen molar-refractivity contribution < 1.29 is 9.59 Å². The minimum Gasteiger partial charge on any atom is -0.372 e. The summed E-state index contributed by atoms with van der Waals surface area (Å²) in [6.45, 7) is 2.34. The number of nitrogens with zero attached hydrogens (tertiary/aromatic N) is 1. The highest BCUT2D eigenvalue weighted by Gasteiger charge is 2.15. The van der Waals surface area contributed by atoms with Crippen molar-refractivity contribution in [2.75, 3.05) is 23.3 Å². The third-order valence-electron chi connectivity index (χ3n) is 4.45. The Hall–Kier alpha value is -2.53. The third kappa shape index (κ3) is 4.76. The summed E-state index contributed by atoms with van der Waals surface area (Å²) in [4.78, 5) is 26.3. The summed E-state index contributed by atoms with van der Waals surface area (Å²) in [5, 5.41) is 5.76. The van der Waals surface area contributed by atoms with Crippen molar-refractivity contribution in [2.45, 2.75) is 25.8 Å². The number of rotatable bonds is 4. The molecule has 2 amide bonds. The number of anilines is 2. The van der Waals surface area contributed by atoms with Crippen LogP contribution in [0.25, 0.3) is 0 Å². The van der Waals surface area contributed by atoms with Gasteiger partial charge >= 0.3 is 11.8 Å². The first kappa shape index (κ1) is 18.3. The molecule has 1 aliphatic rings. The number of halogens is 1. The molecular formula is C20H22ClN3O2. The van der Waals surface area contributed by atoms with Crippen molar-refractivity contribution in [3.05, 3.63) is 59.1 Å². The molecule has 0 unspecified atom stereocenters. The van der Waals surface area contributed by atoms with E-state index in [0.29, 0.717) is 10.7 Å². The Balaban J connectivity index is 1.52. The van der Waals surface area contributed by atoms with Gasteiger partial charge in [0.05, 0.1) is 0 Å². The van der Waals surface area contributed by atoms with Crippen LogP contribution in [-0.4, -0.2) is 24.9 Å². The summed E-state index contributed by atoms with van der Waals surface area (Å²) in [5.74, 6) is -1.38. The van der Waals surface area contributed by atoms with Crippen LogP contribution in [0.1, 0.15) is 24.8 Å². The third-order valence-corrected chi connectivity index (χ3v) is 4.82. The maximum Gasteiger partial charge on any atom is 0.313 e. The highest BCUT2D eigenvalue weighted by molar-refractivity contribution is 6.39. The van der Waals surface area contributed by atoms with Gasteiger partial charge in [-0.3, -0.25) is 9.59 Å². The number of carbonyl (C=O) groups is 2. The zero-order valence-corrected chi connectivity index (χ0v) is 15.3. The first-order valence-electron chi connectivity index (χ1n) is 8.81. The molecule has 0 spiro atoms. The van der Waals surface area contributed by atoms with Crippen LogP contribution in [0.2, 0.25) is 5.02 Å². The highest BCUT2D eigenvalue weighted by Crippen LogP contribution is 2.21. The molecule has 0 aliphatic carbocycles. The lowest BCUT2D eigenvalue weighted by Gasteiger charge is -2.28. The summed E-state index contributed by atoms with van der Waals surface area (Å²) in [7, 11) is 0. The number of amides is 2. The van der Waals surface area contributed by atoms with Crippen LogP contribution in [-0.2, 0) is 16.1 Å². The van der Waals surface area contributed by atoms with Gasteiger partial charge in [0.25, 0.3) is 0 Å². The largest absolute Gasteiger partial charge is 0.372 e. The summed E-state index contributed by atoms with van der Waals surface area (Å²) in [6.07, 6.45) is 3.71. The Labute approximate surface area is 158 Å². The van der Waals surface area contributed by atoms with Gasteiger partial charge in [-0.25, -0.2) is 0 Å². The molecule has 0 aromatic heterocycles. The van der Waals surface area contributed by atoms with E-state index in [1.165, 1.54) is 19.3 Å². The van der Waals surface area contributed by atoms with E-state index < -0.39 is 11.8 Å². The van der Waals surface area contributed by atoms with Crippen LogP contribution in [0.4, 0.5) is 11.4 Å². The molecule has 5 nitrogen and oxygen atoms in total. The van der Waals surface area contributed by atoms with Gasteiger partial charge < -0.3 is 15.5 Å². The summed E-state index contributed by atoms with van der Waals surface area (Å²) >= 11 is 6.04. The van der Waals surface area contributed by atoms with Crippen LogP contribution in [0.5, 0.6) is 0 Å². The van der Waals surface area contributed by atoms with Crippen molar-refractivity contribution >= 4 is 34.8 Å². The van der Waals surface area contributed by atoms with Crippen molar-refractivity contribution in [3.8, 4) is 0 Å². The van der Waals surface area contributed by atoms with E-state index in [2.05, 4.69) is 15.5 Å². The number of hydrogen-bond acceptors (Lipinski definition) is 3. The average Bonchev–Trinajstić information content (AvgIpc) is 2.68. The first-order chi connectivity index (χ1) is 12.6. The molecule has 6 heteroatoms. The van der Waals surface area contributed by atoms with Gasteiger partial charge in [0.15, 0.2) is 0 Å². The molecule has 136 valence electrons. The molecule has 1 saturated heterocycles. The normalized spacial score (nSPS) is 14.0. The molecule has 1 fully saturated rings. The predicted molar refractivity (Wildman–Crippen MR) is 104 cm³/mol. The van der Waals surface area contributed by atoms with Crippen molar-refractivity contribution in [1.29, 1.82) is 0 Å². The van der Waals surface area contributed by atoms with E-state index >= 15 is 0 Å². The van der Waals surface area contributed by atoms with E-state index in [1.807, 2.05) is 36.4 Å². The second-order valence-corrected chi connectivity index (χ2v) is 6.73. The summed E-state index contributed by atoms with van der Waals surface area (Å²) in [6, 6.07) is 14.8. The molecule has 1 aliphatic heterocycles. The second-order valence-electron chi connectivity index (χ2n) is 6.32. The van der Waals surface area contributed by atoms with E-state index in [4.69, 9.17) is 11.6 Å². The molecule has 2 N–H and O–H groups in total. The number of carbonyl (C=O) groups excluding carboxylic acids is 2. The Kier molecular flexibility index (Phi) is 6.12. The molecular weight excluding hydrogens is 350 g/mol. The van der Waals surface area contributed by atoms with E-state index in [0.717, 1.165) is 24.3 Å².